The van der Waals surface area contributed by atoms with Gasteiger partial charge in [0.25, 0.3) is 0 Å². The van der Waals surface area contributed by atoms with Gasteiger partial charge in [-0.2, -0.15) is 0 Å². The van der Waals surface area contributed by atoms with E-state index in [0.29, 0.717) is 5.39 Å². The number of rotatable bonds is 1. The molecular weight excluding hydrogens is 258 g/mol. The van der Waals surface area contributed by atoms with Crippen LogP contribution in [0.5, 0.6) is 5.75 Å². The molecule has 0 aliphatic rings. The van der Waals surface area contributed by atoms with E-state index in [9.17, 15) is 4.79 Å². The van der Waals surface area contributed by atoms with Gasteiger partial charge >= 0.3 is 0 Å². The molecule has 2 rings (SSSR count). The molecule has 2 aromatic rings. The third-order valence-corrected chi connectivity index (χ3v) is 2.98. The van der Waals surface area contributed by atoms with Crippen LogP contribution in [0.3, 0.4) is 0 Å². The minimum atomic E-state index is 0.0199. The summed E-state index contributed by atoms with van der Waals surface area (Å²) in [6.45, 7) is 0. The van der Waals surface area contributed by atoms with Crippen molar-refractivity contribution in [3.63, 3.8) is 0 Å². The van der Waals surface area contributed by atoms with Gasteiger partial charge in [0.2, 0.25) is 0 Å². The highest BCUT2D eigenvalue weighted by Crippen LogP contribution is 2.28. The average Bonchev–Trinajstić information content (AvgIpc) is 2.23. The Morgan fingerprint density at radius 2 is 2.13 bits per heavy atom. The van der Waals surface area contributed by atoms with Crippen LogP contribution in [0.4, 0.5) is 0 Å². The van der Waals surface area contributed by atoms with Crippen molar-refractivity contribution in [2.24, 2.45) is 7.05 Å². The molecule has 3 nitrogen and oxygen atoms in total. The molecule has 0 radical (unpaired) electrons. The maximum atomic E-state index is 11.6. The highest BCUT2D eigenvalue weighted by Gasteiger charge is 2.06. The summed E-state index contributed by atoms with van der Waals surface area (Å²) in [6, 6.07) is 5.19. The van der Waals surface area contributed by atoms with Gasteiger partial charge in [0, 0.05) is 30.8 Å². The standard InChI is InChI=1S/C11H10BrNO2/c1-13-4-3-10(14)7-5-8(12)11(15-2)6-9(7)13/h3-6H,1-2H3. The first kappa shape index (κ1) is 10.2. The Morgan fingerprint density at radius 1 is 1.40 bits per heavy atom. The van der Waals surface area contributed by atoms with Crippen LogP contribution in [-0.2, 0) is 7.05 Å². The van der Waals surface area contributed by atoms with Gasteiger partial charge in [-0.15, -0.1) is 0 Å². The smallest absolute Gasteiger partial charge is 0.189 e. The van der Waals surface area contributed by atoms with Crippen molar-refractivity contribution in [3.05, 3.63) is 39.1 Å². The number of pyridine rings is 1. The Labute approximate surface area is 95.4 Å². The quantitative estimate of drug-likeness (QED) is 0.794. The number of methoxy groups -OCH3 is 1. The zero-order valence-electron chi connectivity index (χ0n) is 8.45. The lowest BCUT2D eigenvalue weighted by Crippen LogP contribution is -2.05. The van der Waals surface area contributed by atoms with E-state index in [1.165, 1.54) is 0 Å². The van der Waals surface area contributed by atoms with Crippen LogP contribution >= 0.6 is 15.9 Å². The van der Waals surface area contributed by atoms with E-state index < -0.39 is 0 Å². The number of benzene rings is 1. The molecule has 0 aliphatic carbocycles. The van der Waals surface area contributed by atoms with Gasteiger partial charge in [0.05, 0.1) is 17.1 Å². The number of nitrogens with zero attached hydrogens (tertiary/aromatic N) is 1. The number of hydrogen-bond donors (Lipinski definition) is 0. The number of aromatic nitrogens is 1. The van der Waals surface area contributed by atoms with Crippen LogP contribution in [0.25, 0.3) is 10.9 Å². The lowest BCUT2D eigenvalue weighted by atomic mass is 10.2. The molecule has 0 spiro atoms. The predicted molar refractivity (Wildman–Crippen MR) is 63.4 cm³/mol. The molecule has 0 fully saturated rings. The van der Waals surface area contributed by atoms with E-state index in [1.807, 2.05) is 17.7 Å². The second kappa shape index (κ2) is 3.70. The molecule has 1 heterocycles. The molecule has 0 N–H and O–H groups in total. The van der Waals surface area contributed by atoms with Crippen LogP contribution in [0.15, 0.2) is 33.7 Å². The second-order valence-corrected chi connectivity index (χ2v) is 4.15. The van der Waals surface area contributed by atoms with E-state index in [-0.39, 0.29) is 5.43 Å². The SMILES string of the molecule is COc1cc2c(cc1Br)c(=O)ccn2C. The zero-order valence-corrected chi connectivity index (χ0v) is 10.0. The van der Waals surface area contributed by atoms with Crippen LogP contribution in [0, 0.1) is 0 Å². The van der Waals surface area contributed by atoms with Crippen molar-refractivity contribution < 1.29 is 4.74 Å². The van der Waals surface area contributed by atoms with E-state index in [1.54, 1.807) is 25.4 Å². The summed E-state index contributed by atoms with van der Waals surface area (Å²) in [5.74, 6) is 0.726. The molecule has 0 aliphatic heterocycles. The van der Waals surface area contributed by atoms with Gasteiger partial charge in [0.15, 0.2) is 5.43 Å². The number of halogens is 1. The van der Waals surface area contributed by atoms with Crippen molar-refractivity contribution in [1.82, 2.24) is 4.57 Å². The lowest BCUT2D eigenvalue weighted by Gasteiger charge is -2.08. The Morgan fingerprint density at radius 3 is 2.80 bits per heavy atom. The number of aryl methyl sites for hydroxylation is 1. The van der Waals surface area contributed by atoms with Crippen molar-refractivity contribution in [1.29, 1.82) is 0 Å². The summed E-state index contributed by atoms with van der Waals surface area (Å²) < 4.78 is 7.87. The second-order valence-electron chi connectivity index (χ2n) is 3.29. The summed E-state index contributed by atoms with van der Waals surface area (Å²) in [6.07, 6.45) is 1.75. The largest absolute Gasteiger partial charge is 0.495 e. The predicted octanol–water partition coefficient (Wildman–Crippen LogP) is 2.31. The first-order valence-electron chi connectivity index (χ1n) is 4.46. The minimum absolute atomic E-state index is 0.0199. The fourth-order valence-corrected chi connectivity index (χ4v) is 2.04. The molecule has 0 saturated heterocycles. The molecule has 0 bridgehead atoms. The summed E-state index contributed by atoms with van der Waals surface area (Å²) in [5, 5.41) is 0.688. The molecule has 15 heavy (non-hydrogen) atoms. The van der Waals surface area contributed by atoms with Gasteiger partial charge < -0.3 is 9.30 Å². The minimum Gasteiger partial charge on any atom is -0.495 e. The van der Waals surface area contributed by atoms with E-state index in [0.717, 1.165) is 15.7 Å². The number of ether oxygens (including phenoxy) is 1. The third-order valence-electron chi connectivity index (χ3n) is 2.37. The maximum Gasteiger partial charge on any atom is 0.189 e. The van der Waals surface area contributed by atoms with Crippen molar-refractivity contribution >= 4 is 26.8 Å². The summed E-state index contributed by atoms with van der Waals surface area (Å²) in [4.78, 5) is 11.6. The Balaban J connectivity index is 2.92. The van der Waals surface area contributed by atoms with Crippen LogP contribution in [-0.4, -0.2) is 11.7 Å². The van der Waals surface area contributed by atoms with Crippen LogP contribution in [0.1, 0.15) is 0 Å². The number of fused-ring (bicyclic) bond motifs is 1. The van der Waals surface area contributed by atoms with Gasteiger partial charge in [-0.05, 0) is 22.0 Å². The van der Waals surface area contributed by atoms with Gasteiger partial charge in [-0.3, -0.25) is 4.79 Å². The lowest BCUT2D eigenvalue weighted by molar-refractivity contribution is 0.412. The average molecular weight is 268 g/mol. The third kappa shape index (κ3) is 1.65. The Kier molecular flexibility index (Phi) is 2.52. The van der Waals surface area contributed by atoms with Crippen molar-refractivity contribution in [2.75, 3.05) is 7.11 Å². The Hall–Kier alpha value is -1.29. The highest BCUT2D eigenvalue weighted by atomic mass is 79.9. The fraction of sp³-hybridized carbons (Fsp3) is 0.182. The molecule has 1 aromatic carbocycles. The Bertz CT molecular complexity index is 575. The molecule has 1 aromatic heterocycles. The molecule has 0 amide bonds. The topological polar surface area (TPSA) is 31.2 Å². The molecule has 4 heteroatoms. The fourth-order valence-electron chi connectivity index (χ4n) is 1.54. The zero-order chi connectivity index (χ0) is 11.0. The first-order chi connectivity index (χ1) is 7.13. The normalized spacial score (nSPS) is 10.6. The summed E-state index contributed by atoms with van der Waals surface area (Å²) in [7, 11) is 3.50. The van der Waals surface area contributed by atoms with E-state index in [2.05, 4.69) is 15.9 Å². The molecule has 0 saturated carbocycles. The monoisotopic (exact) mass is 267 g/mol. The van der Waals surface area contributed by atoms with Gasteiger partial charge in [-0.25, -0.2) is 0 Å². The van der Waals surface area contributed by atoms with Gasteiger partial charge in [-0.1, -0.05) is 0 Å². The molecule has 0 atom stereocenters. The maximum absolute atomic E-state index is 11.6. The van der Waals surface area contributed by atoms with Crippen LogP contribution < -0.4 is 10.2 Å². The number of hydrogen-bond acceptors (Lipinski definition) is 2. The first-order valence-corrected chi connectivity index (χ1v) is 5.25. The van der Waals surface area contributed by atoms with Crippen molar-refractivity contribution in [2.45, 2.75) is 0 Å². The summed E-state index contributed by atoms with van der Waals surface area (Å²) in [5.41, 5.74) is 0.883. The van der Waals surface area contributed by atoms with E-state index >= 15 is 0 Å². The van der Waals surface area contributed by atoms with Crippen molar-refractivity contribution in [3.8, 4) is 5.75 Å². The van der Waals surface area contributed by atoms with Crippen LogP contribution in [0.2, 0.25) is 0 Å². The highest BCUT2D eigenvalue weighted by molar-refractivity contribution is 9.10. The molecular formula is C11H10BrNO2. The van der Waals surface area contributed by atoms with E-state index in [4.69, 9.17) is 4.74 Å². The van der Waals surface area contributed by atoms with Gasteiger partial charge in [0.1, 0.15) is 5.75 Å². The molecule has 0 unspecified atom stereocenters. The summed E-state index contributed by atoms with van der Waals surface area (Å²) >= 11 is 3.36. The molecule has 78 valence electrons.